The molecule has 3 N–H and O–H groups in total. The molecule has 7 heteroatoms. The number of carbonyl (C=O) groups is 1. The second-order valence-corrected chi connectivity index (χ2v) is 7.53. The Morgan fingerprint density at radius 2 is 1.76 bits per heavy atom. The number of aliphatic hydroxyl groups is 1. The molecule has 0 radical (unpaired) electrons. The molecule has 0 spiro atoms. The van der Waals surface area contributed by atoms with Crippen LogP contribution in [0.5, 0.6) is 0 Å². The molecule has 0 saturated heterocycles. The minimum atomic E-state index is -3.93. The summed E-state index contributed by atoms with van der Waals surface area (Å²) >= 11 is 0. The van der Waals surface area contributed by atoms with E-state index in [0.29, 0.717) is 11.3 Å². The number of aliphatic hydroxyl groups excluding tert-OH is 1. The third-order valence-electron chi connectivity index (χ3n) is 3.87. The molecule has 1 aliphatic rings. The van der Waals surface area contributed by atoms with Crippen molar-refractivity contribution < 1.29 is 18.3 Å². The summed E-state index contributed by atoms with van der Waals surface area (Å²) in [6.07, 6.45) is 0. The van der Waals surface area contributed by atoms with Gasteiger partial charge in [0.2, 0.25) is 9.84 Å². The maximum atomic E-state index is 12.8. The van der Waals surface area contributed by atoms with Crippen molar-refractivity contribution >= 4 is 27.1 Å². The molecule has 1 heterocycles. The minimum Gasteiger partial charge on any atom is -0.395 e. The van der Waals surface area contributed by atoms with Gasteiger partial charge < -0.3 is 15.7 Å². The summed E-state index contributed by atoms with van der Waals surface area (Å²) in [5.41, 5.74) is 2.19. The molecule has 0 aliphatic carbocycles. The fourth-order valence-electron chi connectivity index (χ4n) is 2.69. The van der Waals surface area contributed by atoms with Gasteiger partial charge in [0.05, 0.1) is 17.2 Å². The highest BCUT2D eigenvalue weighted by Crippen LogP contribution is 2.38. The van der Waals surface area contributed by atoms with Gasteiger partial charge in [0.1, 0.15) is 0 Å². The number of aryl methyl sites for hydroxylation is 1. The first kappa shape index (κ1) is 17.2. The van der Waals surface area contributed by atoms with E-state index in [2.05, 4.69) is 10.6 Å². The molecule has 0 aromatic heterocycles. The molecule has 25 heavy (non-hydrogen) atoms. The van der Waals surface area contributed by atoms with Crippen molar-refractivity contribution in [2.75, 3.05) is 18.5 Å². The second-order valence-electron chi connectivity index (χ2n) is 5.67. The lowest BCUT2D eigenvalue weighted by Crippen LogP contribution is -2.24. The number of fused-ring (bicyclic) bond motifs is 1. The minimum absolute atomic E-state index is 0.0875. The molecule has 1 amide bonds. The van der Waals surface area contributed by atoms with Crippen molar-refractivity contribution in [1.82, 2.24) is 5.32 Å². The first-order valence-electron chi connectivity index (χ1n) is 7.76. The van der Waals surface area contributed by atoms with Crippen molar-refractivity contribution in [3.05, 3.63) is 64.6 Å². The maximum Gasteiger partial charge on any atom is 0.269 e. The van der Waals surface area contributed by atoms with E-state index in [1.165, 1.54) is 6.07 Å². The smallest absolute Gasteiger partial charge is 0.269 e. The highest BCUT2D eigenvalue weighted by Gasteiger charge is 2.39. The number of hydrogen-bond donors (Lipinski definition) is 3. The Morgan fingerprint density at radius 1 is 1.08 bits per heavy atom. The maximum absolute atomic E-state index is 12.8. The summed E-state index contributed by atoms with van der Waals surface area (Å²) in [5, 5.41) is 14.5. The zero-order chi connectivity index (χ0) is 18.0. The number of carbonyl (C=O) groups excluding carboxylic acids is 1. The van der Waals surface area contributed by atoms with Crippen LogP contribution in [-0.4, -0.2) is 32.6 Å². The molecule has 0 bridgehead atoms. The Labute approximate surface area is 146 Å². The van der Waals surface area contributed by atoms with Crippen LogP contribution in [0.15, 0.2) is 58.3 Å². The summed E-state index contributed by atoms with van der Waals surface area (Å²) in [4.78, 5) is 12.5. The molecular weight excluding hydrogens is 340 g/mol. The van der Waals surface area contributed by atoms with E-state index in [1.54, 1.807) is 30.3 Å². The first-order valence-corrected chi connectivity index (χ1v) is 9.25. The molecule has 0 atom stereocenters. The first-order chi connectivity index (χ1) is 11.9. The summed E-state index contributed by atoms with van der Waals surface area (Å²) in [6.45, 7) is 1.88. The lowest BCUT2D eigenvalue weighted by molar-refractivity contribution is -0.112. The molecule has 130 valence electrons. The van der Waals surface area contributed by atoms with E-state index in [4.69, 9.17) is 5.11 Å². The monoisotopic (exact) mass is 358 g/mol. The Kier molecular flexibility index (Phi) is 4.61. The van der Waals surface area contributed by atoms with Crippen LogP contribution < -0.4 is 10.6 Å². The standard InChI is InChI=1S/C18H18N2O4S/c1-12-6-8-13(9-7-12)20-18(22)17-16(19-10-11-21)14-4-2-3-5-15(14)25(17,23)24/h2-9,19,21H,10-11H2,1H3,(H,20,22). The fourth-order valence-corrected chi connectivity index (χ4v) is 4.37. The molecule has 6 nitrogen and oxygen atoms in total. The molecule has 0 saturated carbocycles. The van der Waals surface area contributed by atoms with Gasteiger partial charge in [0.15, 0.2) is 4.91 Å². The van der Waals surface area contributed by atoms with E-state index in [9.17, 15) is 13.2 Å². The second kappa shape index (κ2) is 6.70. The molecule has 2 aromatic rings. The van der Waals surface area contributed by atoms with Gasteiger partial charge in [-0.15, -0.1) is 0 Å². The molecular formula is C18H18N2O4S. The van der Waals surface area contributed by atoms with Gasteiger partial charge in [-0.2, -0.15) is 0 Å². The predicted octanol–water partition coefficient (Wildman–Crippen LogP) is 1.67. The van der Waals surface area contributed by atoms with E-state index in [0.717, 1.165) is 5.56 Å². The lowest BCUT2D eigenvalue weighted by Gasteiger charge is -2.10. The quantitative estimate of drug-likeness (QED) is 0.756. The normalized spacial score (nSPS) is 15.0. The number of rotatable bonds is 5. The number of amides is 1. The predicted molar refractivity (Wildman–Crippen MR) is 95.4 cm³/mol. The van der Waals surface area contributed by atoms with Crippen LogP contribution in [0.2, 0.25) is 0 Å². The van der Waals surface area contributed by atoms with Crippen molar-refractivity contribution in [3.63, 3.8) is 0 Å². The van der Waals surface area contributed by atoms with E-state index in [-0.39, 0.29) is 28.6 Å². The van der Waals surface area contributed by atoms with Crippen LogP contribution in [0.4, 0.5) is 5.69 Å². The Hall–Kier alpha value is -2.64. The van der Waals surface area contributed by atoms with Gasteiger partial charge >= 0.3 is 0 Å². The highest BCUT2D eigenvalue weighted by molar-refractivity contribution is 7.97. The molecule has 0 fully saturated rings. The van der Waals surface area contributed by atoms with Gasteiger partial charge in [-0.1, -0.05) is 35.9 Å². The van der Waals surface area contributed by atoms with Crippen LogP contribution in [0.1, 0.15) is 11.1 Å². The molecule has 1 aliphatic heterocycles. The largest absolute Gasteiger partial charge is 0.395 e. The summed E-state index contributed by atoms with van der Waals surface area (Å²) in [6, 6.07) is 13.5. The van der Waals surface area contributed by atoms with Gasteiger partial charge in [0, 0.05) is 17.8 Å². The van der Waals surface area contributed by atoms with Crippen molar-refractivity contribution in [2.45, 2.75) is 11.8 Å². The number of nitrogens with one attached hydrogen (secondary N) is 2. The highest BCUT2D eigenvalue weighted by atomic mass is 32.2. The third-order valence-corrected chi connectivity index (χ3v) is 5.73. The number of benzene rings is 2. The SMILES string of the molecule is Cc1ccc(NC(=O)C2=C(NCCO)c3ccccc3S2(=O)=O)cc1. The van der Waals surface area contributed by atoms with Crippen LogP contribution in [0.25, 0.3) is 5.70 Å². The lowest BCUT2D eigenvalue weighted by atomic mass is 10.1. The zero-order valence-corrected chi connectivity index (χ0v) is 14.4. The van der Waals surface area contributed by atoms with Crippen LogP contribution in [-0.2, 0) is 14.6 Å². The fraction of sp³-hybridized carbons (Fsp3) is 0.167. The summed E-state index contributed by atoms with van der Waals surface area (Å²) < 4.78 is 25.6. The van der Waals surface area contributed by atoms with E-state index in [1.807, 2.05) is 19.1 Å². The van der Waals surface area contributed by atoms with Gasteiger partial charge in [0.25, 0.3) is 5.91 Å². The van der Waals surface area contributed by atoms with Crippen LogP contribution in [0.3, 0.4) is 0 Å². The van der Waals surface area contributed by atoms with E-state index < -0.39 is 15.7 Å². The summed E-state index contributed by atoms with van der Waals surface area (Å²) in [7, 11) is -3.93. The van der Waals surface area contributed by atoms with Crippen molar-refractivity contribution in [3.8, 4) is 0 Å². The Morgan fingerprint density at radius 3 is 2.44 bits per heavy atom. The molecule has 3 rings (SSSR count). The Balaban J connectivity index is 2.03. The Bertz CT molecular complexity index is 947. The van der Waals surface area contributed by atoms with Crippen molar-refractivity contribution in [2.24, 2.45) is 0 Å². The topological polar surface area (TPSA) is 95.5 Å². The van der Waals surface area contributed by atoms with Crippen molar-refractivity contribution in [1.29, 1.82) is 0 Å². The third kappa shape index (κ3) is 3.16. The van der Waals surface area contributed by atoms with Crippen LogP contribution >= 0.6 is 0 Å². The zero-order valence-electron chi connectivity index (χ0n) is 13.6. The number of hydrogen-bond acceptors (Lipinski definition) is 5. The summed E-state index contributed by atoms with van der Waals surface area (Å²) in [5.74, 6) is -0.708. The van der Waals surface area contributed by atoms with Crippen LogP contribution in [0, 0.1) is 6.92 Å². The average Bonchev–Trinajstić information content (AvgIpc) is 2.82. The van der Waals surface area contributed by atoms with Gasteiger partial charge in [-0.05, 0) is 25.1 Å². The average molecular weight is 358 g/mol. The van der Waals surface area contributed by atoms with Gasteiger partial charge in [-0.25, -0.2) is 8.42 Å². The van der Waals surface area contributed by atoms with Gasteiger partial charge in [-0.3, -0.25) is 4.79 Å². The molecule has 0 unspecified atom stereocenters. The number of sulfone groups is 1. The molecule has 2 aromatic carbocycles. The number of anilines is 1. The van der Waals surface area contributed by atoms with E-state index >= 15 is 0 Å².